The second-order valence-corrected chi connectivity index (χ2v) is 5.78. The zero-order valence-corrected chi connectivity index (χ0v) is 11.0. The molecule has 1 atom stereocenters. The van der Waals surface area contributed by atoms with E-state index in [2.05, 4.69) is 6.92 Å². The highest BCUT2D eigenvalue weighted by Gasteiger charge is 2.36. The van der Waals surface area contributed by atoms with E-state index in [0.29, 0.717) is 6.42 Å². The summed E-state index contributed by atoms with van der Waals surface area (Å²) in [6.07, 6.45) is -0.111. The first-order valence-corrected chi connectivity index (χ1v) is 6.65. The molecule has 1 N–H and O–H groups in total. The van der Waals surface area contributed by atoms with Gasteiger partial charge in [-0.3, -0.25) is 0 Å². The van der Waals surface area contributed by atoms with Crippen molar-refractivity contribution in [2.45, 2.75) is 51.3 Å². The molecule has 1 fully saturated rings. The third kappa shape index (κ3) is 3.30. The normalized spacial score (nSPS) is 20.5. The van der Waals surface area contributed by atoms with E-state index in [0.717, 1.165) is 43.4 Å². The summed E-state index contributed by atoms with van der Waals surface area (Å²) in [5.41, 5.74) is 0.0364. The van der Waals surface area contributed by atoms with Crippen LogP contribution in [0.1, 0.15) is 43.7 Å². The van der Waals surface area contributed by atoms with E-state index in [1.807, 2.05) is 0 Å². The molecule has 0 aromatic heterocycles. The molecule has 1 aromatic carbocycles. The van der Waals surface area contributed by atoms with E-state index >= 15 is 0 Å². The van der Waals surface area contributed by atoms with Gasteiger partial charge in [-0.2, -0.15) is 13.2 Å². The molecule has 1 saturated carbocycles. The topological polar surface area (TPSA) is 20.2 Å². The number of rotatable bonds is 3. The van der Waals surface area contributed by atoms with Crippen LogP contribution >= 0.6 is 0 Å². The highest BCUT2D eigenvalue weighted by atomic mass is 19.4. The fourth-order valence-electron chi connectivity index (χ4n) is 2.82. The smallest absolute Gasteiger partial charge is 0.392 e. The van der Waals surface area contributed by atoms with Gasteiger partial charge in [0.05, 0.1) is 11.7 Å². The molecule has 0 bridgehead atoms. The van der Waals surface area contributed by atoms with E-state index in [9.17, 15) is 18.3 Å². The molecule has 1 aromatic rings. The molecular formula is C15H19F3O. The van der Waals surface area contributed by atoms with E-state index in [4.69, 9.17) is 0 Å². The number of hydrogen-bond donors (Lipinski definition) is 1. The Kier molecular flexibility index (Phi) is 3.90. The van der Waals surface area contributed by atoms with Crippen LogP contribution in [-0.2, 0) is 12.6 Å². The fraction of sp³-hybridized carbons (Fsp3) is 0.600. The molecule has 106 valence electrons. The molecule has 2 rings (SSSR count). The summed E-state index contributed by atoms with van der Waals surface area (Å²) in [4.78, 5) is 0. The van der Waals surface area contributed by atoms with Gasteiger partial charge in [-0.1, -0.05) is 31.9 Å². The first kappa shape index (κ1) is 14.4. The van der Waals surface area contributed by atoms with Gasteiger partial charge in [-0.05, 0) is 42.4 Å². The number of hydrogen-bond acceptors (Lipinski definition) is 1. The minimum atomic E-state index is -4.30. The maximum absolute atomic E-state index is 12.4. The van der Waals surface area contributed by atoms with Crippen LogP contribution in [0.25, 0.3) is 0 Å². The van der Waals surface area contributed by atoms with Crippen LogP contribution in [0.2, 0.25) is 0 Å². The first-order chi connectivity index (χ1) is 8.81. The zero-order valence-electron chi connectivity index (χ0n) is 11.0. The molecule has 0 aliphatic heterocycles. The number of alkyl halides is 3. The largest absolute Gasteiger partial charge is 0.416 e. The van der Waals surface area contributed by atoms with Crippen molar-refractivity contribution in [3.63, 3.8) is 0 Å². The van der Waals surface area contributed by atoms with Crippen LogP contribution in [0.5, 0.6) is 0 Å². The molecule has 0 spiro atoms. The highest BCUT2D eigenvalue weighted by Crippen LogP contribution is 2.41. The monoisotopic (exact) mass is 272 g/mol. The minimum Gasteiger partial charge on any atom is -0.392 e. The van der Waals surface area contributed by atoms with E-state index in [-0.39, 0.29) is 5.41 Å². The fourth-order valence-corrected chi connectivity index (χ4v) is 2.82. The molecule has 1 aliphatic rings. The molecular weight excluding hydrogens is 253 g/mol. The Morgan fingerprint density at radius 3 is 2.16 bits per heavy atom. The molecule has 1 aliphatic carbocycles. The van der Waals surface area contributed by atoms with Gasteiger partial charge in [0.1, 0.15) is 0 Å². The van der Waals surface area contributed by atoms with Gasteiger partial charge in [0.25, 0.3) is 0 Å². The van der Waals surface area contributed by atoms with Crippen molar-refractivity contribution in [3.8, 4) is 0 Å². The second-order valence-electron chi connectivity index (χ2n) is 5.78. The summed E-state index contributed by atoms with van der Waals surface area (Å²) in [6, 6.07) is 5.09. The van der Waals surface area contributed by atoms with Gasteiger partial charge in [0.15, 0.2) is 0 Å². The van der Waals surface area contributed by atoms with Gasteiger partial charge in [-0.25, -0.2) is 0 Å². The van der Waals surface area contributed by atoms with Crippen molar-refractivity contribution in [1.29, 1.82) is 0 Å². The summed E-state index contributed by atoms with van der Waals surface area (Å²) >= 11 is 0. The van der Waals surface area contributed by atoms with Crippen LogP contribution in [0.4, 0.5) is 13.2 Å². The lowest BCUT2D eigenvalue weighted by atomic mass is 9.80. The molecule has 0 saturated heterocycles. The van der Waals surface area contributed by atoms with Gasteiger partial charge in [0.2, 0.25) is 0 Å². The maximum Gasteiger partial charge on any atom is 0.416 e. The summed E-state index contributed by atoms with van der Waals surface area (Å²) in [7, 11) is 0. The summed E-state index contributed by atoms with van der Waals surface area (Å²) in [6.45, 7) is 2.06. The number of aliphatic hydroxyl groups excluding tert-OH is 1. The van der Waals surface area contributed by atoms with E-state index in [1.54, 1.807) is 0 Å². The highest BCUT2D eigenvalue weighted by molar-refractivity contribution is 5.25. The molecule has 4 heteroatoms. The van der Waals surface area contributed by atoms with Crippen molar-refractivity contribution in [2.24, 2.45) is 5.41 Å². The van der Waals surface area contributed by atoms with Crippen LogP contribution < -0.4 is 0 Å². The second kappa shape index (κ2) is 5.16. The van der Waals surface area contributed by atoms with Crippen molar-refractivity contribution < 1.29 is 18.3 Å². The maximum atomic E-state index is 12.4. The van der Waals surface area contributed by atoms with Crippen molar-refractivity contribution >= 4 is 0 Å². The SMILES string of the molecule is CC1(C(O)Cc2ccc(C(F)(F)F)cc2)CCCC1. The van der Waals surface area contributed by atoms with Crippen molar-refractivity contribution in [2.75, 3.05) is 0 Å². The molecule has 1 unspecified atom stereocenters. The number of halogens is 3. The molecule has 0 amide bonds. The summed E-state index contributed by atoms with van der Waals surface area (Å²) in [5.74, 6) is 0. The average molecular weight is 272 g/mol. The third-order valence-corrected chi connectivity index (χ3v) is 4.26. The van der Waals surface area contributed by atoms with Crippen molar-refractivity contribution in [3.05, 3.63) is 35.4 Å². The Morgan fingerprint density at radius 2 is 1.68 bits per heavy atom. The number of benzene rings is 1. The van der Waals surface area contributed by atoms with E-state index < -0.39 is 17.8 Å². The van der Waals surface area contributed by atoms with Crippen LogP contribution in [0, 0.1) is 5.41 Å². The molecule has 19 heavy (non-hydrogen) atoms. The zero-order chi connectivity index (χ0) is 14.1. The average Bonchev–Trinajstić information content (AvgIpc) is 2.77. The van der Waals surface area contributed by atoms with Crippen molar-refractivity contribution in [1.82, 2.24) is 0 Å². The lowest BCUT2D eigenvalue weighted by molar-refractivity contribution is -0.137. The van der Waals surface area contributed by atoms with Crippen LogP contribution in [-0.4, -0.2) is 11.2 Å². The summed E-state index contributed by atoms with van der Waals surface area (Å²) in [5, 5.41) is 10.3. The Hall–Kier alpha value is -1.03. The first-order valence-electron chi connectivity index (χ1n) is 6.65. The standard InChI is InChI=1S/C15H19F3O/c1-14(8-2-3-9-14)13(19)10-11-4-6-12(7-5-11)15(16,17)18/h4-7,13,19H,2-3,8-10H2,1H3. The minimum absolute atomic E-state index is 0.0807. The third-order valence-electron chi connectivity index (χ3n) is 4.26. The lowest BCUT2D eigenvalue weighted by Crippen LogP contribution is -2.31. The lowest BCUT2D eigenvalue weighted by Gasteiger charge is -2.30. The van der Waals surface area contributed by atoms with Crippen LogP contribution in [0.3, 0.4) is 0 Å². The quantitative estimate of drug-likeness (QED) is 0.874. The van der Waals surface area contributed by atoms with Crippen LogP contribution in [0.15, 0.2) is 24.3 Å². The Balaban J connectivity index is 2.03. The molecule has 0 radical (unpaired) electrons. The van der Waals surface area contributed by atoms with Gasteiger partial charge in [0, 0.05) is 0 Å². The molecule has 1 nitrogen and oxygen atoms in total. The van der Waals surface area contributed by atoms with Gasteiger partial charge >= 0.3 is 6.18 Å². The van der Waals surface area contributed by atoms with Gasteiger partial charge in [-0.15, -0.1) is 0 Å². The Bertz CT molecular complexity index is 416. The number of aliphatic hydroxyl groups is 1. The summed E-state index contributed by atoms with van der Waals surface area (Å²) < 4.78 is 37.3. The van der Waals surface area contributed by atoms with E-state index in [1.165, 1.54) is 12.1 Å². The Morgan fingerprint density at radius 1 is 1.16 bits per heavy atom. The predicted octanol–water partition coefficient (Wildman–Crippen LogP) is 4.19. The Labute approximate surface area is 111 Å². The predicted molar refractivity (Wildman–Crippen MR) is 67.7 cm³/mol. The van der Waals surface area contributed by atoms with Gasteiger partial charge < -0.3 is 5.11 Å². The molecule has 0 heterocycles.